The van der Waals surface area contributed by atoms with Gasteiger partial charge < -0.3 is 147 Å². The number of hydrogen-bond acceptors (Lipinski definition) is 31. The van der Waals surface area contributed by atoms with E-state index >= 15 is 0 Å². The van der Waals surface area contributed by atoms with Crippen LogP contribution in [-0.4, -0.2) is 410 Å². The predicted octanol–water partition coefficient (Wildman–Crippen LogP) is 11.3. The fourth-order valence-electron chi connectivity index (χ4n) is 10.4. The lowest BCUT2D eigenvalue weighted by Crippen LogP contribution is -2.14. The molecule has 0 aliphatic carbocycles. The van der Waals surface area contributed by atoms with Crippen LogP contribution in [0.1, 0.15) is 174 Å². The molecule has 0 atom stereocenters. The zero-order valence-electron chi connectivity index (χ0n) is 76.2. The normalized spacial score (nSPS) is 11.8. The average molecular weight is 1750 g/mol. The van der Waals surface area contributed by atoms with Crippen molar-refractivity contribution in [1.29, 1.82) is 0 Å². The third kappa shape index (κ3) is 117. The van der Waals surface area contributed by atoms with Gasteiger partial charge >= 0.3 is 0 Å². The molecule has 0 fully saturated rings. The van der Waals surface area contributed by atoms with Crippen LogP contribution >= 0.6 is 0 Å². The van der Waals surface area contributed by atoms with E-state index in [1.54, 1.807) is 7.11 Å². The monoisotopic (exact) mass is 1750 g/mol. The molecule has 31 nitrogen and oxygen atoms in total. The Bertz CT molecular complexity index is 1540. The van der Waals surface area contributed by atoms with Crippen LogP contribution in [0.25, 0.3) is 0 Å². The van der Waals surface area contributed by atoms with Crippen molar-refractivity contribution in [2.75, 3.05) is 410 Å². The van der Waals surface area contributed by atoms with E-state index in [0.717, 1.165) is 207 Å². The molecule has 0 aliphatic rings. The Morgan fingerprint density at radius 1 is 0.0833 bits per heavy atom. The van der Waals surface area contributed by atoms with Crippen molar-refractivity contribution in [3.05, 3.63) is 0 Å². The molecule has 0 saturated carbocycles. The molecule has 0 bridgehead atoms. The van der Waals surface area contributed by atoms with Crippen molar-refractivity contribution in [2.45, 2.75) is 174 Å². The molecule has 0 saturated heterocycles. The second kappa shape index (κ2) is 118. The van der Waals surface area contributed by atoms with Crippen molar-refractivity contribution < 1.29 is 147 Å². The fraction of sp³-hybridized carbons (Fsp3) is 1.00. The van der Waals surface area contributed by atoms with Gasteiger partial charge in [0.1, 0.15) is 0 Å². The molecule has 0 aliphatic heterocycles. The highest BCUT2D eigenvalue weighted by atomic mass is 16.6. The van der Waals surface area contributed by atoms with Crippen molar-refractivity contribution in [1.82, 2.24) is 0 Å². The minimum absolute atomic E-state index is 0.526. The quantitative estimate of drug-likeness (QED) is 0.0511. The van der Waals surface area contributed by atoms with Crippen molar-refractivity contribution in [3.8, 4) is 0 Å². The highest BCUT2D eigenvalue weighted by Gasteiger charge is 2.05. The van der Waals surface area contributed by atoms with Gasteiger partial charge in [-0.2, -0.15) is 0 Å². The molecule has 0 aromatic carbocycles. The van der Waals surface area contributed by atoms with Crippen LogP contribution in [0.2, 0.25) is 0 Å². The minimum Gasteiger partial charge on any atom is -0.385 e. The summed E-state index contributed by atoms with van der Waals surface area (Å²) in [6.07, 6.45) is 23.5. The molecular formula is C89H180O31. The van der Waals surface area contributed by atoms with E-state index < -0.39 is 0 Å². The minimum atomic E-state index is 0.526. The molecule has 0 radical (unpaired) electrons. The highest BCUT2D eigenvalue weighted by Crippen LogP contribution is 2.03. The molecule has 0 rings (SSSR count). The second-order valence-corrected chi connectivity index (χ2v) is 28.2. The molecule has 0 spiro atoms. The Balaban J connectivity index is 3.10. The SMILES string of the molecule is CCCCOCCOCCOCCOCCOCCOCCOCCCOCCCOCCCOCCCOCCCOCCCOCCCOCCCOCCCOCCCOCCCOCCCOCCCOCCCOCCCOCCCOCCCOCCCOCCCOCCCOCCCOCCCOCCCOCCCOC. The first kappa shape index (κ1) is 119. The molecule has 31 heteroatoms. The summed E-state index contributed by atoms with van der Waals surface area (Å²) < 4.78 is 175. The summed E-state index contributed by atoms with van der Waals surface area (Å²) in [5, 5.41) is 0. The average Bonchev–Trinajstić information content (AvgIpc) is 1.40. The van der Waals surface area contributed by atoms with Crippen molar-refractivity contribution >= 4 is 0 Å². The van der Waals surface area contributed by atoms with Crippen LogP contribution in [0.15, 0.2) is 0 Å². The van der Waals surface area contributed by atoms with Gasteiger partial charge in [0.2, 0.25) is 0 Å². The van der Waals surface area contributed by atoms with Crippen LogP contribution in [0.4, 0.5) is 0 Å². The summed E-state index contributed by atoms with van der Waals surface area (Å²) in [5.41, 5.74) is 0. The predicted molar refractivity (Wildman–Crippen MR) is 462 cm³/mol. The van der Waals surface area contributed by atoms with Gasteiger partial charge in [-0.1, -0.05) is 13.3 Å². The maximum absolute atomic E-state index is 5.73. The molecule has 722 valence electrons. The van der Waals surface area contributed by atoms with Crippen molar-refractivity contribution in [2.24, 2.45) is 0 Å². The number of unbranched alkanes of at least 4 members (excludes halogenated alkanes) is 1. The lowest BCUT2D eigenvalue weighted by atomic mass is 10.4. The Morgan fingerprint density at radius 3 is 0.233 bits per heavy atom. The zero-order chi connectivity index (χ0) is 85.4. The van der Waals surface area contributed by atoms with E-state index in [1.165, 1.54) is 0 Å². The van der Waals surface area contributed by atoms with Gasteiger partial charge in [-0.3, -0.25) is 0 Å². The van der Waals surface area contributed by atoms with E-state index in [2.05, 4.69) is 6.92 Å². The van der Waals surface area contributed by atoms with Gasteiger partial charge in [0, 0.05) is 331 Å². The van der Waals surface area contributed by atoms with Gasteiger partial charge in [-0.25, -0.2) is 0 Å². The van der Waals surface area contributed by atoms with E-state index in [0.29, 0.717) is 363 Å². The highest BCUT2D eigenvalue weighted by molar-refractivity contribution is 4.51. The Kier molecular flexibility index (Phi) is 117. The van der Waals surface area contributed by atoms with Gasteiger partial charge in [0.05, 0.1) is 79.3 Å². The van der Waals surface area contributed by atoms with Crippen LogP contribution < -0.4 is 0 Å². The Labute approximate surface area is 727 Å². The van der Waals surface area contributed by atoms with Crippen LogP contribution in [0.3, 0.4) is 0 Å². The lowest BCUT2D eigenvalue weighted by Gasteiger charge is -2.09. The first-order valence-corrected chi connectivity index (χ1v) is 46.7. The van der Waals surface area contributed by atoms with Gasteiger partial charge in [0.25, 0.3) is 0 Å². The van der Waals surface area contributed by atoms with E-state index in [4.69, 9.17) is 147 Å². The summed E-state index contributed by atoms with van der Waals surface area (Å²) in [5.74, 6) is 0. The van der Waals surface area contributed by atoms with E-state index in [1.807, 2.05) is 0 Å². The number of rotatable bonds is 117. The first-order chi connectivity index (χ1) is 59.9. The summed E-state index contributed by atoms with van der Waals surface area (Å²) in [6.45, 7) is 43.1. The Morgan fingerprint density at radius 2 is 0.150 bits per heavy atom. The van der Waals surface area contributed by atoms with Crippen molar-refractivity contribution in [3.63, 3.8) is 0 Å². The molecule has 0 amide bonds. The summed E-state index contributed by atoms with van der Waals surface area (Å²) in [6, 6.07) is 0. The Hall–Kier alpha value is -1.24. The summed E-state index contributed by atoms with van der Waals surface area (Å²) >= 11 is 0. The topological polar surface area (TPSA) is 286 Å². The molecular weight excluding hydrogens is 1560 g/mol. The van der Waals surface area contributed by atoms with Gasteiger partial charge in [-0.15, -0.1) is 0 Å². The molecule has 0 aromatic heterocycles. The number of ether oxygens (including phenoxy) is 31. The lowest BCUT2D eigenvalue weighted by molar-refractivity contribution is -0.0211. The molecule has 0 N–H and O–H groups in total. The third-order valence-corrected chi connectivity index (χ3v) is 16.8. The maximum Gasteiger partial charge on any atom is 0.0701 e. The number of methoxy groups -OCH3 is 1. The smallest absolute Gasteiger partial charge is 0.0701 e. The van der Waals surface area contributed by atoms with E-state index in [9.17, 15) is 0 Å². The zero-order valence-corrected chi connectivity index (χ0v) is 76.2. The fourth-order valence-corrected chi connectivity index (χ4v) is 10.4. The third-order valence-electron chi connectivity index (χ3n) is 16.8. The van der Waals surface area contributed by atoms with Gasteiger partial charge in [0.15, 0.2) is 0 Å². The van der Waals surface area contributed by atoms with Crippen LogP contribution in [0.5, 0.6) is 0 Å². The molecule has 120 heavy (non-hydrogen) atoms. The molecule has 0 aromatic rings. The van der Waals surface area contributed by atoms with E-state index in [-0.39, 0.29) is 0 Å². The summed E-state index contributed by atoms with van der Waals surface area (Å²) in [4.78, 5) is 0. The van der Waals surface area contributed by atoms with Crippen LogP contribution in [0, 0.1) is 0 Å². The van der Waals surface area contributed by atoms with Crippen LogP contribution in [-0.2, 0) is 147 Å². The largest absolute Gasteiger partial charge is 0.385 e. The first-order valence-electron chi connectivity index (χ1n) is 46.7. The van der Waals surface area contributed by atoms with Gasteiger partial charge in [-0.05, 0) is 161 Å². The second-order valence-electron chi connectivity index (χ2n) is 28.2. The maximum atomic E-state index is 5.73. The number of hydrogen-bond donors (Lipinski definition) is 0. The summed E-state index contributed by atoms with van der Waals surface area (Å²) in [7, 11) is 1.71. The molecule has 0 heterocycles. The molecule has 0 unspecified atom stereocenters. The standard InChI is InChI=1S/C89H180O31/c1-3-4-30-114-78-80-116-82-84-118-86-88-120-89-87-119-85-83-117-81-79-115-77-28-76-113-75-27-74-112-73-26-72-111-71-25-70-110-69-24-68-109-67-23-66-108-65-22-64-107-63-21-62-106-61-20-60-105-59-19-58-104-57-18-56-103-55-17-54-102-53-16-52-101-51-15-50-100-49-14-48-99-47-13-46-98-45-12-44-97-43-11-42-96-41-10-40-95-39-9-38-94-37-8-36-93-35-7-34-92-33-6-32-91-31-5-29-90-2/h3-89H2,1-2H3.